The zero-order valence-corrected chi connectivity index (χ0v) is 6.10. The molecule has 0 heterocycles. The van der Waals surface area contributed by atoms with Crippen LogP contribution in [0.25, 0.3) is 0 Å². The Morgan fingerprint density at radius 1 is 1.45 bits per heavy atom. The van der Waals surface area contributed by atoms with Gasteiger partial charge in [0.05, 0.1) is 5.75 Å². The first kappa shape index (κ1) is 14.5. The molecule has 0 unspecified atom stereocenters. The van der Waals surface area contributed by atoms with E-state index < -0.39 is 21.8 Å². The summed E-state index contributed by atoms with van der Waals surface area (Å²) in [6.45, 7) is 0. The quantitative estimate of drug-likeness (QED) is 0.432. The minimum absolute atomic E-state index is 0. The Hall–Kier alpha value is 1.02. The van der Waals surface area contributed by atoms with Crippen molar-refractivity contribution in [1.82, 2.24) is 0 Å². The zero-order valence-electron chi connectivity index (χ0n) is 5.28. The predicted octanol–water partition coefficient (Wildman–Crippen LogP) is -1.51. The van der Waals surface area contributed by atoms with Crippen LogP contribution in [0.5, 0.6) is 0 Å². The SMILES string of the molecule is NC(=O)CCCS(=O)(=O)O.[KH]. The average Bonchev–Trinajstić information content (AvgIpc) is 1.59. The Morgan fingerprint density at radius 2 is 1.91 bits per heavy atom. The molecule has 5 nitrogen and oxygen atoms in total. The second-order valence-corrected chi connectivity index (χ2v) is 3.43. The maximum absolute atomic E-state index is 10.0. The molecule has 11 heavy (non-hydrogen) atoms. The number of carbonyl (C=O) groups excluding carboxylic acids is 1. The monoisotopic (exact) mass is 207 g/mol. The Labute approximate surface area is 108 Å². The van der Waals surface area contributed by atoms with Crippen LogP contribution in [-0.4, -0.2) is 76.0 Å². The van der Waals surface area contributed by atoms with Crippen LogP contribution in [0.4, 0.5) is 0 Å². The van der Waals surface area contributed by atoms with Crippen LogP contribution in [-0.2, 0) is 14.9 Å². The summed E-state index contributed by atoms with van der Waals surface area (Å²) in [5.41, 5.74) is 4.71. The van der Waals surface area contributed by atoms with Gasteiger partial charge in [0.25, 0.3) is 10.1 Å². The van der Waals surface area contributed by atoms with E-state index >= 15 is 0 Å². The first-order valence-electron chi connectivity index (χ1n) is 2.65. The molecule has 0 atom stereocenters. The van der Waals surface area contributed by atoms with E-state index in [2.05, 4.69) is 0 Å². The van der Waals surface area contributed by atoms with Gasteiger partial charge in [0.15, 0.2) is 0 Å². The van der Waals surface area contributed by atoms with Crippen molar-refractivity contribution in [3.8, 4) is 0 Å². The summed E-state index contributed by atoms with van der Waals surface area (Å²) >= 11 is 0. The fraction of sp³-hybridized carbons (Fsp3) is 0.750. The second kappa shape index (κ2) is 6.52. The van der Waals surface area contributed by atoms with Crippen molar-refractivity contribution in [1.29, 1.82) is 0 Å². The van der Waals surface area contributed by atoms with Gasteiger partial charge in [-0.1, -0.05) is 0 Å². The van der Waals surface area contributed by atoms with Crippen LogP contribution in [0.15, 0.2) is 0 Å². The number of rotatable bonds is 4. The third-order valence-electron chi connectivity index (χ3n) is 0.825. The van der Waals surface area contributed by atoms with Crippen molar-refractivity contribution >= 4 is 67.4 Å². The Bertz CT molecular complexity index is 212. The normalized spacial score (nSPS) is 10.3. The maximum atomic E-state index is 10.0. The molecule has 0 spiro atoms. The van der Waals surface area contributed by atoms with Gasteiger partial charge in [-0.25, -0.2) is 0 Å². The minimum atomic E-state index is -3.93. The summed E-state index contributed by atoms with van der Waals surface area (Å²) in [5.74, 6) is -0.973. The van der Waals surface area contributed by atoms with Gasteiger partial charge < -0.3 is 5.73 Å². The topological polar surface area (TPSA) is 97.5 Å². The summed E-state index contributed by atoms with van der Waals surface area (Å²) in [7, 11) is -3.93. The van der Waals surface area contributed by atoms with Gasteiger partial charge >= 0.3 is 51.4 Å². The number of nitrogens with two attached hydrogens (primary N) is 1. The third-order valence-corrected chi connectivity index (χ3v) is 1.63. The van der Waals surface area contributed by atoms with Crippen molar-refractivity contribution in [3.05, 3.63) is 0 Å². The summed E-state index contributed by atoms with van der Waals surface area (Å²) in [6, 6.07) is 0. The molecule has 0 bridgehead atoms. The van der Waals surface area contributed by atoms with E-state index in [1.807, 2.05) is 0 Å². The average molecular weight is 207 g/mol. The molecule has 62 valence electrons. The molecule has 1 amide bonds. The number of amides is 1. The molecule has 0 aliphatic heterocycles. The van der Waals surface area contributed by atoms with Crippen molar-refractivity contribution in [2.75, 3.05) is 5.75 Å². The van der Waals surface area contributed by atoms with Crippen LogP contribution < -0.4 is 5.73 Å². The fourth-order valence-corrected chi connectivity index (χ4v) is 0.938. The van der Waals surface area contributed by atoms with Gasteiger partial charge in [-0.15, -0.1) is 0 Å². The number of primary amides is 1. The molecule has 0 aliphatic rings. The van der Waals surface area contributed by atoms with E-state index in [4.69, 9.17) is 10.3 Å². The summed E-state index contributed by atoms with van der Waals surface area (Å²) in [6.07, 6.45) is 0.0634. The molecule has 0 saturated carbocycles. The van der Waals surface area contributed by atoms with Crippen LogP contribution in [0.3, 0.4) is 0 Å². The molecular weight excluding hydrogens is 197 g/mol. The van der Waals surface area contributed by atoms with E-state index in [-0.39, 0.29) is 64.2 Å². The summed E-state index contributed by atoms with van der Waals surface area (Å²) < 4.78 is 28.2. The molecule has 0 aromatic rings. The van der Waals surface area contributed by atoms with Crippen LogP contribution in [0, 0.1) is 0 Å². The van der Waals surface area contributed by atoms with Gasteiger partial charge in [-0.3, -0.25) is 9.35 Å². The molecule has 0 aromatic heterocycles. The molecular formula is C4H10KNO4S. The predicted molar refractivity (Wildman–Crippen MR) is 42.0 cm³/mol. The van der Waals surface area contributed by atoms with Crippen LogP contribution >= 0.6 is 0 Å². The van der Waals surface area contributed by atoms with E-state index in [0.717, 1.165) is 0 Å². The second-order valence-electron chi connectivity index (χ2n) is 1.86. The molecule has 0 fully saturated rings. The Balaban J connectivity index is 0. The fourth-order valence-electron chi connectivity index (χ4n) is 0.429. The molecule has 0 saturated heterocycles. The third kappa shape index (κ3) is 13.9. The van der Waals surface area contributed by atoms with Gasteiger partial charge in [0, 0.05) is 6.42 Å². The summed E-state index contributed by atoms with van der Waals surface area (Å²) in [4.78, 5) is 10.0. The Morgan fingerprint density at radius 3 is 2.18 bits per heavy atom. The molecule has 0 radical (unpaired) electrons. The first-order chi connectivity index (χ1) is 4.42. The molecule has 3 N–H and O–H groups in total. The van der Waals surface area contributed by atoms with Gasteiger partial charge in [0.2, 0.25) is 5.91 Å². The Kier molecular flexibility index (Phi) is 8.62. The van der Waals surface area contributed by atoms with Gasteiger partial charge in [-0.2, -0.15) is 8.42 Å². The summed E-state index contributed by atoms with van der Waals surface area (Å²) in [5, 5.41) is 0. The van der Waals surface area contributed by atoms with Crippen LogP contribution in [0.2, 0.25) is 0 Å². The van der Waals surface area contributed by atoms with Crippen LogP contribution in [0.1, 0.15) is 12.8 Å². The van der Waals surface area contributed by atoms with E-state index in [1.54, 1.807) is 0 Å². The van der Waals surface area contributed by atoms with E-state index in [1.165, 1.54) is 0 Å². The van der Waals surface area contributed by atoms with Crippen molar-refractivity contribution < 1.29 is 17.8 Å². The molecule has 7 heteroatoms. The zero-order chi connectivity index (χ0) is 8.20. The molecule has 0 aromatic carbocycles. The number of hydrogen-bond acceptors (Lipinski definition) is 3. The van der Waals surface area contributed by atoms with Gasteiger partial charge in [-0.05, 0) is 6.42 Å². The number of carbonyl (C=O) groups is 1. The van der Waals surface area contributed by atoms with Gasteiger partial charge in [0.1, 0.15) is 0 Å². The van der Waals surface area contributed by atoms with Crippen molar-refractivity contribution in [2.24, 2.45) is 5.73 Å². The van der Waals surface area contributed by atoms with Crippen molar-refractivity contribution in [2.45, 2.75) is 12.8 Å². The first-order valence-corrected chi connectivity index (χ1v) is 4.26. The molecule has 0 rings (SSSR count). The molecule has 0 aliphatic carbocycles. The van der Waals surface area contributed by atoms with E-state index in [9.17, 15) is 13.2 Å². The van der Waals surface area contributed by atoms with E-state index in [0.29, 0.717) is 0 Å². The number of hydrogen-bond donors (Lipinski definition) is 2. The standard InChI is InChI=1S/C4H9NO4S.K.H/c5-4(6)2-1-3-10(7,8)9;;/h1-3H2,(H2,5,6)(H,7,8,9);;. The van der Waals surface area contributed by atoms with Crippen molar-refractivity contribution in [3.63, 3.8) is 0 Å².